The van der Waals surface area contributed by atoms with Crippen LogP contribution in [-0.2, 0) is 6.42 Å². The maximum atomic E-state index is 5.41. The largest absolute Gasteiger partial charge is 0.496 e. The maximum Gasteiger partial charge on any atom is 0.151 e. The number of benzene rings is 1. The number of hydrogen-bond acceptors (Lipinski definition) is 5. The highest BCUT2D eigenvalue weighted by Crippen LogP contribution is 2.34. The summed E-state index contributed by atoms with van der Waals surface area (Å²) in [5, 5.41) is 13.9. The molecule has 0 fully saturated rings. The predicted molar refractivity (Wildman–Crippen MR) is 91.0 cm³/mol. The Morgan fingerprint density at radius 3 is 2.86 bits per heavy atom. The summed E-state index contributed by atoms with van der Waals surface area (Å²) >= 11 is 5.07. The van der Waals surface area contributed by atoms with E-state index in [1.165, 1.54) is 0 Å². The Balaban J connectivity index is 2.02. The van der Waals surface area contributed by atoms with Gasteiger partial charge in [0.05, 0.1) is 12.7 Å². The van der Waals surface area contributed by atoms with E-state index in [0.717, 1.165) is 45.3 Å². The van der Waals surface area contributed by atoms with Gasteiger partial charge >= 0.3 is 0 Å². The molecule has 4 nitrogen and oxygen atoms in total. The molecular formula is C15H20BrN3OS. The van der Waals surface area contributed by atoms with E-state index in [9.17, 15) is 0 Å². The first-order chi connectivity index (χ1) is 10.1. The molecule has 0 amide bonds. The molecule has 114 valence electrons. The van der Waals surface area contributed by atoms with Gasteiger partial charge in [0, 0.05) is 17.4 Å². The molecule has 0 aliphatic carbocycles. The van der Waals surface area contributed by atoms with Crippen LogP contribution in [0.1, 0.15) is 18.9 Å². The van der Waals surface area contributed by atoms with Crippen molar-refractivity contribution in [2.45, 2.75) is 20.3 Å². The fourth-order valence-electron chi connectivity index (χ4n) is 1.89. The van der Waals surface area contributed by atoms with E-state index in [1.54, 1.807) is 18.4 Å². The van der Waals surface area contributed by atoms with Gasteiger partial charge in [-0.25, -0.2) is 0 Å². The number of rotatable bonds is 7. The van der Waals surface area contributed by atoms with E-state index in [1.807, 2.05) is 18.2 Å². The Labute approximate surface area is 138 Å². The topological polar surface area (TPSA) is 47.0 Å². The van der Waals surface area contributed by atoms with Crippen LogP contribution in [0.5, 0.6) is 5.75 Å². The van der Waals surface area contributed by atoms with Crippen molar-refractivity contribution in [2.24, 2.45) is 5.92 Å². The number of nitrogens with zero attached hydrogens (tertiary/aromatic N) is 2. The summed E-state index contributed by atoms with van der Waals surface area (Å²) in [6.45, 7) is 6.38. The molecule has 1 aromatic heterocycles. The van der Waals surface area contributed by atoms with Crippen LogP contribution in [0.15, 0.2) is 22.7 Å². The minimum atomic E-state index is 0.669. The van der Waals surface area contributed by atoms with E-state index in [2.05, 4.69) is 45.3 Å². The van der Waals surface area contributed by atoms with Crippen molar-refractivity contribution in [3.63, 3.8) is 0 Å². The summed E-state index contributed by atoms with van der Waals surface area (Å²) in [4.78, 5) is 0. The zero-order valence-corrected chi connectivity index (χ0v) is 14.9. The van der Waals surface area contributed by atoms with Crippen molar-refractivity contribution in [3.05, 3.63) is 27.7 Å². The number of hydrogen-bond donors (Lipinski definition) is 1. The molecule has 0 unspecified atom stereocenters. The zero-order valence-electron chi connectivity index (χ0n) is 12.5. The zero-order chi connectivity index (χ0) is 15.2. The molecule has 0 radical (unpaired) electrons. The van der Waals surface area contributed by atoms with Crippen molar-refractivity contribution in [1.82, 2.24) is 15.5 Å². The lowest BCUT2D eigenvalue weighted by atomic mass is 10.2. The molecule has 1 N–H and O–H groups in total. The highest BCUT2D eigenvalue weighted by atomic mass is 79.9. The SMILES string of the molecule is COc1cc(Br)ccc1-c1nnc(CCNCC(C)C)s1. The van der Waals surface area contributed by atoms with Crippen molar-refractivity contribution < 1.29 is 4.74 Å². The van der Waals surface area contributed by atoms with E-state index in [0.29, 0.717) is 5.92 Å². The molecule has 2 aromatic rings. The molecule has 0 atom stereocenters. The predicted octanol–water partition coefficient (Wildman–Crippen LogP) is 3.76. The third kappa shape index (κ3) is 4.76. The summed E-state index contributed by atoms with van der Waals surface area (Å²) in [5.74, 6) is 1.48. The lowest BCUT2D eigenvalue weighted by Gasteiger charge is -2.06. The highest BCUT2D eigenvalue weighted by Gasteiger charge is 2.12. The molecule has 0 aliphatic rings. The first kappa shape index (κ1) is 16.4. The van der Waals surface area contributed by atoms with Crippen molar-refractivity contribution in [2.75, 3.05) is 20.2 Å². The van der Waals surface area contributed by atoms with Gasteiger partial charge < -0.3 is 10.1 Å². The molecule has 0 bridgehead atoms. The number of halogens is 1. The smallest absolute Gasteiger partial charge is 0.151 e. The maximum absolute atomic E-state index is 5.41. The number of ether oxygens (including phenoxy) is 1. The van der Waals surface area contributed by atoms with Crippen molar-refractivity contribution in [3.8, 4) is 16.3 Å². The van der Waals surface area contributed by atoms with Crippen LogP contribution in [-0.4, -0.2) is 30.4 Å². The molecule has 1 heterocycles. The Hall–Kier alpha value is -0.980. The third-order valence-corrected chi connectivity index (χ3v) is 4.44. The standard InChI is InChI=1S/C15H20BrN3OS/c1-10(2)9-17-7-6-14-18-19-15(21-14)12-5-4-11(16)8-13(12)20-3/h4-5,8,10,17H,6-7,9H2,1-3H3. The van der Waals surface area contributed by atoms with Gasteiger partial charge in [-0.05, 0) is 30.7 Å². The highest BCUT2D eigenvalue weighted by molar-refractivity contribution is 9.10. The second kappa shape index (κ2) is 7.87. The third-order valence-electron chi connectivity index (χ3n) is 2.93. The van der Waals surface area contributed by atoms with Crippen LogP contribution in [0.4, 0.5) is 0 Å². The van der Waals surface area contributed by atoms with Gasteiger partial charge in [0.2, 0.25) is 0 Å². The van der Waals surface area contributed by atoms with Crippen LogP contribution in [0.3, 0.4) is 0 Å². The van der Waals surface area contributed by atoms with Gasteiger partial charge in [-0.2, -0.15) is 0 Å². The quantitative estimate of drug-likeness (QED) is 0.754. The van der Waals surface area contributed by atoms with Crippen LogP contribution < -0.4 is 10.1 Å². The minimum Gasteiger partial charge on any atom is -0.496 e. The average molecular weight is 370 g/mol. The van der Waals surface area contributed by atoms with Gasteiger partial charge in [-0.15, -0.1) is 10.2 Å². The van der Waals surface area contributed by atoms with Gasteiger partial charge in [-0.3, -0.25) is 0 Å². The molecule has 21 heavy (non-hydrogen) atoms. The Morgan fingerprint density at radius 2 is 2.14 bits per heavy atom. The number of nitrogens with one attached hydrogen (secondary N) is 1. The summed E-state index contributed by atoms with van der Waals surface area (Å²) in [6.07, 6.45) is 0.906. The normalized spacial score (nSPS) is 11.1. The summed E-state index contributed by atoms with van der Waals surface area (Å²) in [7, 11) is 1.67. The van der Waals surface area contributed by atoms with Crippen LogP contribution in [0.25, 0.3) is 10.6 Å². The number of methoxy groups -OCH3 is 1. The lowest BCUT2D eigenvalue weighted by molar-refractivity contribution is 0.416. The molecule has 0 spiro atoms. The Kier molecular flexibility index (Phi) is 6.14. The Morgan fingerprint density at radius 1 is 1.33 bits per heavy atom. The first-order valence-electron chi connectivity index (χ1n) is 6.97. The van der Waals surface area contributed by atoms with Gasteiger partial charge in [-0.1, -0.05) is 41.1 Å². The van der Waals surface area contributed by atoms with E-state index >= 15 is 0 Å². The van der Waals surface area contributed by atoms with Crippen LogP contribution >= 0.6 is 27.3 Å². The monoisotopic (exact) mass is 369 g/mol. The molecule has 1 aromatic carbocycles. The molecule has 0 aliphatic heterocycles. The van der Waals surface area contributed by atoms with E-state index in [-0.39, 0.29) is 0 Å². The Bertz CT molecular complexity index is 586. The number of aromatic nitrogens is 2. The summed E-state index contributed by atoms with van der Waals surface area (Å²) < 4.78 is 6.40. The van der Waals surface area contributed by atoms with Gasteiger partial charge in [0.25, 0.3) is 0 Å². The van der Waals surface area contributed by atoms with Crippen molar-refractivity contribution >= 4 is 27.3 Å². The van der Waals surface area contributed by atoms with Crippen LogP contribution in [0.2, 0.25) is 0 Å². The first-order valence-corrected chi connectivity index (χ1v) is 8.58. The molecule has 0 saturated heterocycles. The summed E-state index contributed by atoms with van der Waals surface area (Å²) in [5.41, 5.74) is 0.986. The average Bonchev–Trinajstić information content (AvgIpc) is 2.92. The van der Waals surface area contributed by atoms with Crippen LogP contribution in [0, 0.1) is 5.92 Å². The fraction of sp³-hybridized carbons (Fsp3) is 0.467. The molecular weight excluding hydrogens is 350 g/mol. The minimum absolute atomic E-state index is 0.669. The van der Waals surface area contributed by atoms with E-state index in [4.69, 9.17) is 4.74 Å². The molecule has 0 saturated carbocycles. The van der Waals surface area contributed by atoms with Gasteiger partial charge in [0.15, 0.2) is 5.01 Å². The van der Waals surface area contributed by atoms with Gasteiger partial charge in [0.1, 0.15) is 10.8 Å². The molecule has 2 rings (SSSR count). The lowest BCUT2D eigenvalue weighted by Crippen LogP contribution is -2.22. The summed E-state index contributed by atoms with van der Waals surface area (Å²) in [6, 6.07) is 5.94. The molecule has 6 heteroatoms. The second-order valence-corrected chi connectivity index (χ2v) is 7.17. The second-order valence-electron chi connectivity index (χ2n) is 5.19. The van der Waals surface area contributed by atoms with E-state index < -0.39 is 0 Å². The fourth-order valence-corrected chi connectivity index (χ4v) is 3.10. The van der Waals surface area contributed by atoms with Crippen molar-refractivity contribution in [1.29, 1.82) is 0 Å².